The van der Waals surface area contributed by atoms with E-state index in [1.165, 1.54) is 5.56 Å². The van der Waals surface area contributed by atoms with Crippen molar-refractivity contribution in [1.29, 1.82) is 0 Å². The van der Waals surface area contributed by atoms with Gasteiger partial charge >= 0.3 is 0 Å². The van der Waals surface area contributed by atoms with Crippen molar-refractivity contribution < 1.29 is 9.47 Å². The number of ether oxygens (including phenoxy) is 2. The highest BCUT2D eigenvalue weighted by Crippen LogP contribution is 2.33. The van der Waals surface area contributed by atoms with Crippen LogP contribution in [-0.4, -0.2) is 71.7 Å². The Bertz CT molecular complexity index is 996. The summed E-state index contributed by atoms with van der Waals surface area (Å²) in [6.07, 6.45) is 1.83. The fourth-order valence-corrected chi connectivity index (χ4v) is 3.83. The first-order valence-electron chi connectivity index (χ1n) is 10.4. The van der Waals surface area contributed by atoms with E-state index in [-0.39, 0.29) is 0 Å². The number of nitrogens with zero attached hydrogens (tertiary/aromatic N) is 4. The molecule has 0 aliphatic carbocycles. The van der Waals surface area contributed by atoms with Gasteiger partial charge in [-0.05, 0) is 44.7 Å². The largest absolute Gasteiger partial charge is 0.495 e. The summed E-state index contributed by atoms with van der Waals surface area (Å²) >= 11 is 0. The van der Waals surface area contributed by atoms with Gasteiger partial charge in [0.1, 0.15) is 11.4 Å². The lowest BCUT2D eigenvalue weighted by molar-refractivity contribution is 0.119. The van der Waals surface area contributed by atoms with Gasteiger partial charge in [0.25, 0.3) is 0 Å². The number of nitrogens with one attached hydrogen (secondary N) is 2. The fourth-order valence-electron chi connectivity index (χ4n) is 3.83. The van der Waals surface area contributed by atoms with Gasteiger partial charge in [-0.1, -0.05) is 6.07 Å². The van der Waals surface area contributed by atoms with Gasteiger partial charge in [0, 0.05) is 38.4 Å². The third kappa shape index (κ3) is 4.20. The second-order valence-corrected chi connectivity index (χ2v) is 7.63. The van der Waals surface area contributed by atoms with E-state index in [1.807, 2.05) is 25.3 Å². The molecule has 0 spiro atoms. The standard InChI is InChI=1S/C22H30N6O2/c1-5-30-21-17-8-9-23-20(17)25-22(26-21)24-18-7-6-16(14-19(18)29-4)15(2)28-12-10-27(3)11-13-28/h6-9,14-15H,5,10-13H2,1-4H3,(H2,23,24,25,26)/t15-/m0/s1. The van der Waals surface area contributed by atoms with Crippen LogP contribution in [0.1, 0.15) is 25.5 Å². The first-order valence-corrected chi connectivity index (χ1v) is 10.4. The van der Waals surface area contributed by atoms with Gasteiger partial charge in [0.15, 0.2) is 0 Å². The number of aromatic nitrogens is 3. The van der Waals surface area contributed by atoms with Crippen molar-refractivity contribution in [1.82, 2.24) is 24.8 Å². The van der Waals surface area contributed by atoms with E-state index in [4.69, 9.17) is 9.47 Å². The summed E-state index contributed by atoms with van der Waals surface area (Å²) in [7, 11) is 3.86. The molecule has 30 heavy (non-hydrogen) atoms. The minimum absolute atomic E-state index is 0.331. The van der Waals surface area contributed by atoms with Crippen molar-refractivity contribution in [3.63, 3.8) is 0 Å². The first kappa shape index (κ1) is 20.4. The zero-order chi connectivity index (χ0) is 21.1. The third-order valence-corrected chi connectivity index (χ3v) is 5.70. The van der Waals surface area contributed by atoms with Crippen LogP contribution in [0.15, 0.2) is 30.5 Å². The number of aromatic amines is 1. The van der Waals surface area contributed by atoms with Gasteiger partial charge in [0.2, 0.25) is 11.8 Å². The molecule has 0 amide bonds. The Morgan fingerprint density at radius 3 is 2.70 bits per heavy atom. The molecule has 1 aromatic carbocycles. The zero-order valence-corrected chi connectivity index (χ0v) is 18.1. The minimum atomic E-state index is 0.331. The Labute approximate surface area is 177 Å². The van der Waals surface area contributed by atoms with Crippen molar-refractivity contribution in [2.24, 2.45) is 0 Å². The Kier molecular flexibility index (Phi) is 6.06. The number of hydrogen-bond acceptors (Lipinski definition) is 7. The lowest BCUT2D eigenvalue weighted by Gasteiger charge is -2.36. The summed E-state index contributed by atoms with van der Waals surface area (Å²) < 4.78 is 11.4. The molecule has 4 rings (SSSR count). The Morgan fingerprint density at radius 1 is 1.17 bits per heavy atom. The highest BCUT2D eigenvalue weighted by molar-refractivity contribution is 5.82. The fraction of sp³-hybridized carbons (Fsp3) is 0.455. The predicted molar refractivity (Wildman–Crippen MR) is 119 cm³/mol. The Hall–Kier alpha value is -2.84. The molecule has 160 valence electrons. The molecule has 2 N–H and O–H groups in total. The molecule has 0 bridgehead atoms. The zero-order valence-electron chi connectivity index (χ0n) is 18.1. The molecular formula is C22H30N6O2. The van der Waals surface area contributed by atoms with E-state index in [0.29, 0.717) is 24.5 Å². The lowest BCUT2D eigenvalue weighted by Crippen LogP contribution is -2.45. The molecule has 3 heterocycles. The molecule has 1 aliphatic heterocycles. The van der Waals surface area contributed by atoms with Gasteiger partial charge < -0.3 is 24.7 Å². The number of methoxy groups -OCH3 is 1. The molecule has 0 saturated carbocycles. The van der Waals surface area contributed by atoms with E-state index < -0.39 is 0 Å². The Balaban J connectivity index is 1.57. The highest BCUT2D eigenvalue weighted by Gasteiger charge is 2.21. The van der Waals surface area contributed by atoms with Gasteiger partial charge in [-0.3, -0.25) is 4.90 Å². The number of fused-ring (bicyclic) bond motifs is 1. The molecule has 1 aliphatic rings. The molecule has 1 saturated heterocycles. The van der Waals surface area contributed by atoms with Crippen LogP contribution in [0, 0.1) is 0 Å². The summed E-state index contributed by atoms with van der Waals surface area (Å²) in [5.41, 5.74) is 2.79. The van der Waals surface area contributed by atoms with E-state index in [1.54, 1.807) is 7.11 Å². The molecule has 8 nitrogen and oxygen atoms in total. The quantitative estimate of drug-likeness (QED) is 0.618. The third-order valence-electron chi connectivity index (χ3n) is 5.70. The molecule has 0 unspecified atom stereocenters. The van der Waals surface area contributed by atoms with Crippen LogP contribution in [0.5, 0.6) is 11.6 Å². The van der Waals surface area contributed by atoms with Crippen LogP contribution in [0.4, 0.5) is 11.6 Å². The van der Waals surface area contributed by atoms with Crippen molar-refractivity contribution >= 4 is 22.7 Å². The second-order valence-electron chi connectivity index (χ2n) is 7.63. The molecular weight excluding hydrogens is 380 g/mol. The summed E-state index contributed by atoms with van der Waals surface area (Å²) in [5.74, 6) is 1.79. The number of anilines is 2. The number of hydrogen-bond donors (Lipinski definition) is 2. The average Bonchev–Trinajstić information content (AvgIpc) is 3.23. The smallest absolute Gasteiger partial charge is 0.232 e. The van der Waals surface area contributed by atoms with Crippen LogP contribution in [0.25, 0.3) is 11.0 Å². The van der Waals surface area contributed by atoms with Gasteiger partial charge in [-0.2, -0.15) is 9.97 Å². The molecule has 1 atom stereocenters. The number of piperazine rings is 1. The van der Waals surface area contributed by atoms with Gasteiger partial charge in [-0.25, -0.2) is 0 Å². The topological polar surface area (TPSA) is 78.5 Å². The molecule has 2 aromatic heterocycles. The minimum Gasteiger partial charge on any atom is -0.495 e. The second kappa shape index (κ2) is 8.89. The monoisotopic (exact) mass is 410 g/mol. The normalized spacial score (nSPS) is 16.5. The maximum absolute atomic E-state index is 5.69. The summed E-state index contributed by atoms with van der Waals surface area (Å²) in [5, 5.41) is 4.15. The van der Waals surface area contributed by atoms with E-state index in [2.05, 4.69) is 56.2 Å². The van der Waals surface area contributed by atoms with E-state index in [0.717, 1.165) is 48.6 Å². The molecule has 8 heteroatoms. The number of likely N-dealkylation sites (N-methyl/N-ethyl adjacent to an activating group) is 1. The first-order chi connectivity index (χ1) is 14.6. The number of rotatable bonds is 7. The van der Waals surface area contributed by atoms with E-state index >= 15 is 0 Å². The predicted octanol–water partition coefficient (Wildman–Crippen LogP) is 3.42. The van der Waals surface area contributed by atoms with Gasteiger partial charge in [0.05, 0.1) is 24.8 Å². The number of H-pyrrole nitrogens is 1. The summed E-state index contributed by atoms with van der Waals surface area (Å²) in [6, 6.07) is 8.52. The molecule has 1 fully saturated rings. The lowest BCUT2D eigenvalue weighted by atomic mass is 10.0. The maximum atomic E-state index is 5.69. The van der Waals surface area contributed by atoms with Crippen LogP contribution in [-0.2, 0) is 0 Å². The Morgan fingerprint density at radius 2 is 1.97 bits per heavy atom. The van der Waals surface area contributed by atoms with Crippen molar-refractivity contribution in [3.8, 4) is 11.6 Å². The summed E-state index contributed by atoms with van der Waals surface area (Å²) in [6.45, 7) is 9.08. The van der Waals surface area contributed by atoms with Gasteiger partial charge in [-0.15, -0.1) is 0 Å². The number of benzene rings is 1. The molecule has 0 radical (unpaired) electrons. The van der Waals surface area contributed by atoms with Crippen molar-refractivity contribution in [3.05, 3.63) is 36.0 Å². The van der Waals surface area contributed by atoms with E-state index in [9.17, 15) is 0 Å². The maximum Gasteiger partial charge on any atom is 0.232 e. The van der Waals surface area contributed by atoms with Crippen LogP contribution in [0.2, 0.25) is 0 Å². The SMILES string of the molecule is CCOc1nc(Nc2ccc([C@H](C)N3CCN(C)CC3)cc2OC)nc2[nH]ccc12. The van der Waals surface area contributed by atoms with Crippen molar-refractivity contribution in [2.45, 2.75) is 19.9 Å². The summed E-state index contributed by atoms with van der Waals surface area (Å²) in [4.78, 5) is 17.1. The van der Waals surface area contributed by atoms with Crippen LogP contribution < -0.4 is 14.8 Å². The molecule has 3 aromatic rings. The van der Waals surface area contributed by atoms with Crippen LogP contribution in [0.3, 0.4) is 0 Å². The highest BCUT2D eigenvalue weighted by atomic mass is 16.5. The van der Waals surface area contributed by atoms with Crippen LogP contribution >= 0.6 is 0 Å². The van der Waals surface area contributed by atoms with Crippen molar-refractivity contribution in [2.75, 3.05) is 52.3 Å². The average molecular weight is 411 g/mol.